The van der Waals surface area contributed by atoms with E-state index in [0.717, 1.165) is 15.6 Å². The summed E-state index contributed by atoms with van der Waals surface area (Å²) in [5.74, 6) is 1.05. The first-order valence-electron chi connectivity index (χ1n) is 5.38. The van der Waals surface area contributed by atoms with Gasteiger partial charge in [0.15, 0.2) is 0 Å². The van der Waals surface area contributed by atoms with E-state index < -0.39 is 0 Å². The Morgan fingerprint density at radius 2 is 2.17 bits per heavy atom. The molecule has 2 rings (SSSR count). The molecule has 0 atom stereocenters. The Morgan fingerprint density at radius 1 is 1.39 bits per heavy atom. The van der Waals surface area contributed by atoms with Crippen LogP contribution < -0.4 is 10.5 Å². The Kier molecular flexibility index (Phi) is 4.22. The molecular formula is C13H12BrClN2O. The molecule has 0 aliphatic carbocycles. The summed E-state index contributed by atoms with van der Waals surface area (Å²) in [5.41, 5.74) is 7.56. The first-order valence-corrected chi connectivity index (χ1v) is 6.55. The molecule has 1 aromatic carbocycles. The summed E-state index contributed by atoms with van der Waals surface area (Å²) in [4.78, 5) is 4.20. The predicted molar refractivity (Wildman–Crippen MR) is 76.1 cm³/mol. The van der Waals surface area contributed by atoms with Gasteiger partial charge in [-0.1, -0.05) is 17.7 Å². The number of rotatable bonds is 3. The fraction of sp³-hybridized carbons (Fsp3) is 0.154. The molecule has 0 saturated carbocycles. The maximum absolute atomic E-state index is 6.12. The lowest BCUT2D eigenvalue weighted by Gasteiger charge is -2.09. The maximum Gasteiger partial charge on any atom is 0.233 e. The molecule has 0 aliphatic rings. The molecule has 0 bridgehead atoms. The predicted octanol–water partition coefficient (Wildman–Crippen LogP) is 4.06. The van der Waals surface area contributed by atoms with E-state index in [0.29, 0.717) is 23.2 Å². The minimum absolute atomic E-state index is 0.451. The second-order valence-corrected chi connectivity index (χ2v) is 5.13. The molecule has 1 aromatic heterocycles. The first kappa shape index (κ1) is 13.3. The van der Waals surface area contributed by atoms with Crippen LogP contribution in [0.15, 0.2) is 34.9 Å². The van der Waals surface area contributed by atoms with Crippen LogP contribution in [-0.2, 0) is 6.54 Å². The van der Waals surface area contributed by atoms with Gasteiger partial charge >= 0.3 is 0 Å². The van der Waals surface area contributed by atoms with E-state index in [4.69, 9.17) is 22.1 Å². The summed E-state index contributed by atoms with van der Waals surface area (Å²) < 4.78 is 6.46. The summed E-state index contributed by atoms with van der Waals surface area (Å²) >= 11 is 9.52. The van der Waals surface area contributed by atoms with E-state index in [-0.39, 0.29) is 0 Å². The van der Waals surface area contributed by atoms with Crippen molar-refractivity contribution in [1.29, 1.82) is 0 Å². The molecule has 2 aromatic rings. The van der Waals surface area contributed by atoms with E-state index in [2.05, 4.69) is 20.9 Å². The third kappa shape index (κ3) is 3.02. The minimum Gasteiger partial charge on any atom is -0.436 e. The van der Waals surface area contributed by atoms with Gasteiger partial charge in [0.1, 0.15) is 5.75 Å². The number of aryl methyl sites for hydroxylation is 1. The van der Waals surface area contributed by atoms with Gasteiger partial charge in [0, 0.05) is 12.7 Å². The van der Waals surface area contributed by atoms with Gasteiger partial charge in [0.25, 0.3) is 0 Å². The average molecular weight is 328 g/mol. The molecule has 0 unspecified atom stereocenters. The highest BCUT2D eigenvalue weighted by Crippen LogP contribution is 2.32. The van der Waals surface area contributed by atoms with E-state index >= 15 is 0 Å². The third-order valence-electron chi connectivity index (χ3n) is 2.38. The number of pyridine rings is 1. The van der Waals surface area contributed by atoms with Gasteiger partial charge in [0.2, 0.25) is 5.88 Å². The third-order valence-corrected chi connectivity index (χ3v) is 3.25. The number of benzene rings is 1. The zero-order valence-electron chi connectivity index (χ0n) is 9.78. The second kappa shape index (κ2) is 5.69. The van der Waals surface area contributed by atoms with Crippen molar-refractivity contribution in [2.24, 2.45) is 5.73 Å². The average Bonchev–Trinajstić information content (AvgIpc) is 2.34. The molecule has 0 amide bonds. The zero-order valence-corrected chi connectivity index (χ0v) is 12.1. The highest BCUT2D eigenvalue weighted by molar-refractivity contribution is 9.10. The molecule has 5 heteroatoms. The van der Waals surface area contributed by atoms with Gasteiger partial charge in [-0.25, -0.2) is 4.98 Å². The molecule has 3 nitrogen and oxygen atoms in total. The van der Waals surface area contributed by atoms with Crippen molar-refractivity contribution in [3.8, 4) is 11.6 Å². The van der Waals surface area contributed by atoms with Gasteiger partial charge < -0.3 is 10.5 Å². The second-order valence-electron chi connectivity index (χ2n) is 3.87. The van der Waals surface area contributed by atoms with Gasteiger partial charge in [-0.2, -0.15) is 0 Å². The molecule has 0 spiro atoms. The van der Waals surface area contributed by atoms with Crippen LogP contribution in [0.4, 0.5) is 0 Å². The van der Waals surface area contributed by atoms with Gasteiger partial charge in [-0.05, 0) is 52.2 Å². The Bertz CT molecular complexity index is 575. The Labute approximate surface area is 119 Å². The Hall–Kier alpha value is -1.10. The SMILES string of the molecule is Cc1cnc(Oc2ccc(CN)cc2Cl)c(Br)c1. The van der Waals surface area contributed by atoms with Crippen LogP contribution in [0, 0.1) is 6.92 Å². The van der Waals surface area contributed by atoms with E-state index in [1.54, 1.807) is 18.3 Å². The Balaban J connectivity index is 2.28. The summed E-state index contributed by atoms with van der Waals surface area (Å²) in [7, 11) is 0. The van der Waals surface area contributed by atoms with Crippen LogP contribution in [0.5, 0.6) is 11.6 Å². The lowest BCUT2D eigenvalue weighted by atomic mass is 10.2. The molecule has 0 fully saturated rings. The Morgan fingerprint density at radius 3 is 2.78 bits per heavy atom. The summed E-state index contributed by atoms with van der Waals surface area (Å²) in [6.07, 6.45) is 1.74. The molecule has 2 N–H and O–H groups in total. The van der Waals surface area contributed by atoms with Crippen molar-refractivity contribution in [2.45, 2.75) is 13.5 Å². The lowest BCUT2D eigenvalue weighted by Crippen LogP contribution is -1.97. The minimum atomic E-state index is 0.451. The van der Waals surface area contributed by atoms with E-state index in [9.17, 15) is 0 Å². The van der Waals surface area contributed by atoms with Crippen molar-refractivity contribution in [3.63, 3.8) is 0 Å². The number of aromatic nitrogens is 1. The first-order chi connectivity index (χ1) is 8.60. The van der Waals surface area contributed by atoms with Crippen LogP contribution in [-0.4, -0.2) is 4.98 Å². The van der Waals surface area contributed by atoms with Crippen molar-refractivity contribution in [2.75, 3.05) is 0 Å². The lowest BCUT2D eigenvalue weighted by molar-refractivity contribution is 0.459. The van der Waals surface area contributed by atoms with Crippen molar-refractivity contribution in [3.05, 3.63) is 51.1 Å². The summed E-state index contributed by atoms with van der Waals surface area (Å²) in [6, 6.07) is 7.39. The van der Waals surface area contributed by atoms with Crippen molar-refractivity contribution < 1.29 is 4.74 Å². The van der Waals surface area contributed by atoms with Gasteiger partial charge in [0.05, 0.1) is 9.50 Å². The molecular weight excluding hydrogens is 316 g/mol. The number of halogens is 2. The normalized spacial score (nSPS) is 10.4. The molecule has 0 aliphatic heterocycles. The largest absolute Gasteiger partial charge is 0.436 e. The fourth-order valence-electron chi connectivity index (χ4n) is 1.45. The molecule has 0 saturated heterocycles. The van der Waals surface area contributed by atoms with Crippen LogP contribution in [0.3, 0.4) is 0 Å². The molecule has 94 valence electrons. The van der Waals surface area contributed by atoms with Crippen molar-refractivity contribution in [1.82, 2.24) is 4.98 Å². The molecule has 18 heavy (non-hydrogen) atoms. The highest BCUT2D eigenvalue weighted by Gasteiger charge is 2.08. The van der Waals surface area contributed by atoms with E-state index in [1.165, 1.54) is 0 Å². The van der Waals surface area contributed by atoms with Gasteiger partial charge in [-0.15, -0.1) is 0 Å². The van der Waals surface area contributed by atoms with Crippen LogP contribution in [0.1, 0.15) is 11.1 Å². The number of ether oxygens (including phenoxy) is 1. The maximum atomic E-state index is 6.12. The summed E-state index contributed by atoms with van der Waals surface area (Å²) in [6.45, 7) is 2.41. The van der Waals surface area contributed by atoms with E-state index in [1.807, 2.05) is 19.1 Å². The monoisotopic (exact) mass is 326 g/mol. The molecule has 0 radical (unpaired) electrons. The van der Waals surface area contributed by atoms with Crippen molar-refractivity contribution >= 4 is 27.5 Å². The van der Waals surface area contributed by atoms with Gasteiger partial charge in [-0.3, -0.25) is 0 Å². The quantitative estimate of drug-likeness (QED) is 0.925. The molecule has 1 heterocycles. The van der Waals surface area contributed by atoms with Crippen LogP contribution in [0.2, 0.25) is 5.02 Å². The topological polar surface area (TPSA) is 48.1 Å². The standard InChI is InChI=1S/C13H12BrClN2O/c1-8-4-10(14)13(17-7-8)18-12-3-2-9(6-16)5-11(12)15/h2-5,7H,6,16H2,1H3. The van der Waals surface area contributed by atoms with Crippen LogP contribution in [0.25, 0.3) is 0 Å². The fourth-order valence-corrected chi connectivity index (χ4v) is 2.24. The number of nitrogens with two attached hydrogens (primary N) is 1. The highest BCUT2D eigenvalue weighted by atomic mass is 79.9. The van der Waals surface area contributed by atoms with Crippen LogP contribution >= 0.6 is 27.5 Å². The number of nitrogens with zero attached hydrogens (tertiary/aromatic N) is 1. The number of hydrogen-bond donors (Lipinski definition) is 1. The zero-order chi connectivity index (χ0) is 13.1. The summed E-state index contributed by atoms with van der Waals surface area (Å²) in [5, 5.41) is 0.521. The number of hydrogen-bond acceptors (Lipinski definition) is 3. The smallest absolute Gasteiger partial charge is 0.233 e.